The highest BCUT2D eigenvalue weighted by molar-refractivity contribution is 7.71. The van der Waals surface area contributed by atoms with Crippen molar-refractivity contribution in [1.82, 2.24) is 19.7 Å². The maximum absolute atomic E-state index is 5.72. The van der Waals surface area contributed by atoms with Crippen molar-refractivity contribution in [2.45, 2.75) is 31.9 Å². The van der Waals surface area contributed by atoms with Gasteiger partial charge in [-0.25, -0.2) is 0 Å². The minimum absolute atomic E-state index is 0.109. The van der Waals surface area contributed by atoms with Crippen LogP contribution in [0, 0.1) is 4.77 Å². The van der Waals surface area contributed by atoms with Crippen LogP contribution in [-0.4, -0.2) is 32.5 Å². The fourth-order valence-electron chi connectivity index (χ4n) is 2.58. The molecule has 2 aromatic heterocycles. The lowest BCUT2D eigenvalue weighted by Gasteiger charge is -2.30. The standard InChI is InChI=1S/C13H16N4OS/c1-9-13(2,5-8-18-9)17-11(15-16-12(17)19)10-3-6-14-7-4-10/h3-4,6-7,9H,5,8H2,1-2H3,(H,16,19). The fourth-order valence-corrected chi connectivity index (χ4v) is 2.92. The first kappa shape index (κ1) is 12.5. The molecule has 1 N–H and O–H groups in total. The Hall–Kier alpha value is -1.53. The molecule has 0 amide bonds. The zero-order chi connectivity index (χ0) is 13.5. The molecule has 1 fully saturated rings. The van der Waals surface area contributed by atoms with Crippen LogP contribution in [0.4, 0.5) is 0 Å². The minimum Gasteiger partial charge on any atom is -0.376 e. The van der Waals surface area contributed by atoms with E-state index in [-0.39, 0.29) is 11.6 Å². The quantitative estimate of drug-likeness (QED) is 0.856. The molecule has 0 spiro atoms. The maximum atomic E-state index is 5.72. The summed E-state index contributed by atoms with van der Waals surface area (Å²) >= 11 is 5.41. The van der Waals surface area contributed by atoms with Crippen LogP contribution in [0.3, 0.4) is 0 Å². The highest BCUT2D eigenvalue weighted by atomic mass is 32.1. The lowest BCUT2D eigenvalue weighted by atomic mass is 9.94. The van der Waals surface area contributed by atoms with Gasteiger partial charge in [-0.05, 0) is 44.6 Å². The van der Waals surface area contributed by atoms with E-state index < -0.39 is 0 Å². The Morgan fingerprint density at radius 2 is 2.21 bits per heavy atom. The van der Waals surface area contributed by atoms with Crippen molar-refractivity contribution in [1.29, 1.82) is 0 Å². The van der Waals surface area contributed by atoms with Crippen LogP contribution in [0.25, 0.3) is 11.4 Å². The molecule has 2 unspecified atom stereocenters. The van der Waals surface area contributed by atoms with Gasteiger partial charge in [0.1, 0.15) is 0 Å². The molecule has 3 rings (SSSR count). The smallest absolute Gasteiger partial charge is 0.196 e. The summed E-state index contributed by atoms with van der Waals surface area (Å²) in [6.45, 7) is 5.00. The average molecular weight is 276 g/mol. The van der Waals surface area contributed by atoms with Crippen LogP contribution in [0.5, 0.6) is 0 Å². The molecule has 100 valence electrons. The highest BCUT2D eigenvalue weighted by Crippen LogP contribution is 2.36. The van der Waals surface area contributed by atoms with Crippen molar-refractivity contribution >= 4 is 12.2 Å². The molecule has 0 saturated carbocycles. The number of rotatable bonds is 2. The van der Waals surface area contributed by atoms with Gasteiger partial charge < -0.3 is 4.74 Å². The van der Waals surface area contributed by atoms with Crippen LogP contribution >= 0.6 is 12.2 Å². The number of hydrogen-bond donors (Lipinski definition) is 1. The molecule has 0 radical (unpaired) electrons. The Balaban J connectivity index is 2.17. The third kappa shape index (κ3) is 1.91. The summed E-state index contributed by atoms with van der Waals surface area (Å²) in [5.41, 5.74) is 0.838. The van der Waals surface area contributed by atoms with E-state index in [0.717, 1.165) is 24.4 Å². The van der Waals surface area contributed by atoms with E-state index in [9.17, 15) is 0 Å². The third-order valence-electron chi connectivity index (χ3n) is 3.97. The number of aromatic amines is 1. The van der Waals surface area contributed by atoms with Crippen LogP contribution < -0.4 is 0 Å². The average Bonchev–Trinajstić information content (AvgIpc) is 2.96. The Kier molecular flexibility index (Phi) is 2.99. The zero-order valence-electron chi connectivity index (χ0n) is 11.0. The molecule has 5 nitrogen and oxygen atoms in total. The van der Waals surface area contributed by atoms with Gasteiger partial charge in [-0.3, -0.25) is 14.6 Å². The number of nitrogens with zero attached hydrogens (tertiary/aromatic N) is 3. The number of ether oxygens (including phenoxy) is 1. The summed E-state index contributed by atoms with van der Waals surface area (Å²) < 4.78 is 8.43. The van der Waals surface area contributed by atoms with Gasteiger partial charge in [0.05, 0.1) is 11.6 Å². The molecule has 6 heteroatoms. The van der Waals surface area contributed by atoms with Crippen molar-refractivity contribution in [2.24, 2.45) is 0 Å². The predicted molar refractivity (Wildman–Crippen MR) is 74.3 cm³/mol. The summed E-state index contributed by atoms with van der Waals surface area (Å²) in [6.07, 6.45) is 4.56. The van der Waals surface area contributed by atoms with E-state index in [1.807, 2.05) is 12.1 Å². The normalized spacial score (nSPS) is 26.7. The van der Waals surface area contributed by atoms with Crippen molar-refractivity contribution in [3.05, 3.63) is 29.3 Å². The van der Waals surface area contributed by atoms with Crippen LogP contribution in [0.2, 0.25) is 0 Å². The number of nitrogens with one attached hydrogen (secondary N) is 1. The molecule has 1 aliphatic rings. The van der Waals surface area contributed by atoms with Gasteiger partial charge >= 0.3 is 0 Å². The van der Waals surface area contributed by atoms with E-state index in [2.05, 4.69) is 33.6 Å². The molecule has 19 heavy (non-hydrogen) atoms. The summed E-state index contributed by atoms with van der Waals surface area (Å²) in [6, 6.07) is 3.87. The zero-order valence-corrected chi connectivity index (χ0v) is 11.8. The van der Waals surface area contributed by atoms with Gasteiger partial charge in [0.2, 0.25) is 0 Å². The summed E-state index contributed by atoms with van der Waals surface area (Å²) in [5, 5.41) is 7.27. The molecule has 2 atom stereocenters. The van der Waals surface area contributed by atoms with E-state index >= 15 is 0 Å². The minimum atomic E-state index is -0.164. The Morgan fingerprint density at radius 1 is 1.47 bits per heavy atom. The molecule has 2 aromatic rings. The molecule has 3 heterocycles. The van der Waals surface area contributed by atoms with Crippen LogP contribution in [-0.2, 0) is 10.3 Å². The number of H-pyrrole nitrogens is 1. The van der Waals surface area contributed by atoms with Gasteiger partial charge in [-0.1, -0.05) is 0 Å². The largest absolute Gasteiger partial charge is 0.376 e. The third-order valence-corrected chi connectivity index (χ3v) is 4.25. The second-order valence-corrected chi connectivity index (χ2v) is 5.43. The summed E-state index contributed by atoms with van der Waals surface area (Å²) in [4.78, 5) is 4.04. The highest BCUT2D eigenvalue weighted by Gasteiger charge is 2.41. The number of aromatic nitrogens is 4. The van der Waals surface area contributed by atoms with Crippen molar-refractivity contribution in [3.8, 4) is 11.4 Å². The number of hydrogen-bond acceptors (Lipinski definition) is 4. The first-order chi connectivity index (χ1) is 9.13. The summed E-state index contributed by atoms with van der Waals surface area (Å²) in [7, 11) is 0. The molecular weight excluding hydrogens is 260 g/mol. The molecular formula is C13H16N4OS. The molecule has 1 aliphatic heterocycles. The Bertz CT molecular complexity index is 636. The second-order valence-electron chi connectivity index (χ2n) is 5.04. The van der Waals surface area contributed by atoms with Gasteiger partial charge in [-0.2, -0.15) is 5.10 Å². The monoisotopic (exact) mass is 276 g/mol. The van der Waals surface area contributed by atoms with Gasteiger partial charge in [0.15, 0.2) is 10.6 Å². The first-order valence-corrected chi connectivity index (χ1v) is 6.73. The molecule has 0 bridgehead atoms. The van der Waals surface area contributed by atoms with Crippen molar-refractivity contribution in [2.75, 3.05) is 6.61 Å². The molecule has 0 aromatic carbocycles. The molecule has 0 aliphatic carbocycles. The lowest BCUT2D eigenvalue weighted by molar-refractivity contribution is 0.0759. The Morgan fingerprint density at radius 3 is 2.84 bits per heavy atom. The van der Waals surface area contributed by atoms with E-state index in [0.29, 0.717) is 4.77 Å². The van der Waals surface area contributed by atoms with E-state index in [1.165, 1.54) is 0 Å². The summed E-state index contributed by atoms with van der Waals surface area (Å²) in [5.74, 6) is 0.840. The lowest BCUT2D eigenvalue weighted by Crippen LogP contribution is -2.37. The van der Waals surface area contributed by atoms with Gasteiger partial charge in [0.25, 0.3) is 0 Å². The predicted octanol–water partition coefficient (Wildman–Crippen LogP) is 2.53. The van der Waals surface area contributed by atoms with Crippen LogP contribution in [0.15, 0.2) is 24.5 Å². The second kappa shape index (κ2) is 4.54. The molecule has 1 saturated heterocycles. The van der Waals surface area contributed by atoms with Crippen molar-refractivity contribution < 1.29 is 4.74 Å². The van der Waals surface area contributed by atoms with E-state index in [4.69, 9.17) is 17.0 Å². The first-order valence-electron chi connectivity index (χ1n) is 6.33. The van der Waals surface area contributed by atoms with Crippen LogP contribution in [0.1, 0.15) is 20.3 Å². The SMILES string of the molecule is CC1OCCC1(C)n1c(-c2ccncc2)n[nH]c1=S. The van der Waals surface area contributed by atoms with Gasteiger partial charge in [0, 0.05) is 24.6 Å². The number of pyridine rings is 1. The van der Waals surface area contributed by atoms with Gasteiger partial charge in [-0.15, -0.1) is 0 Å². The topological polar surface area (TPSA) is 55.7 Å². The van der Waals surface area contributed by atoms with Crippen molar-refractivity contribution in [3.63, 3.8) is 0 Å². The fraction of sp³-hybridized carbons (Fsp3) is 0.462. The van der Waals surface area contributed by atoms with E-state index in [1.54, 1.807) is 12.4 Å². The Labute approximate surface area is 116 Å². The maximum Gasteiger partial charge on any atom is 0.196 e.